The molecule has 3 nitrogen and oxygen atoms in total. The standard InChI is InChI=1S/C10H12N2OS/c1-6-4-14-5-8(6)9-3-12-10(13-9)7(2)11/h3-5,7H,11H2,1-2H3. The van der Waals surface area contributed by atoms with Gasteiger partial charge in [-0.05, 0) is 24.8 Å². The molecule has 14 heavy (non-hydrogen) atoms. The predicted octanol–water partition coefficient (Wildman–Crippen LogP) is 2.73. The Morgan fingerprint density at radius 3 is 2.79 bits per heavy atom. The number of aryl methyl sites for hydroxylation is 1. The Labute approximate surface area is 86.6 Å². The molecule has 1 unspecified atom stereocenters. The van der Waals surface area contributed by atoms with Crippen molar-refractivity contribution in [3.63, 3.8) is 0 Å². The fourth-order valence-corrected chi connectivity index (χ4v) is 2.07. The summed E-state index contributed by atoms with van der Waals surface area (Å²) in [6, 6.07) is -0.150. The van der Waals surface area contributed by atoms with Crippen molar-refractivity contribution in [1.29, 1.82) is 0 Å². The molecular weight excluding hydrogens is 196 g/mol. The second-order valence-electron chi connectivity index (χ2n) is 3.32. The first-order valence-electron chi connectivity index (χ1n) is 4.43. The smallest absolute Gasteiger partial charge is 0.211 e. The van der Waals surface area contributed by atoms with Gasteiger partial charge in [0.25, 0.3) is 0 Å². The minimum absolute atomic E-state index is 0.150. The summed E-state index contributed by atoms with van der Waals surface area (Å²) in [5.41, 5.74) is 7.98. The van der Waals surface area contributed by atoms with E-state index in [0.717, 1.165) is 11.3 Å². The molecule has 0 fully saturated rings. The summed E-state index contributed by atoms with van der Waals surface area (Å²) in [6.07, 6.45) is 1.73. The molecule has 0 aliphatic heterocycles. The van der Waals surface area contributed by atoms with Crippen molar-refractivity contribution in [1.82, 2.24) is 4.98 Å². The maximum atomic E-state index is 5.66. The van der Waals surface area contributed by atoms with Crippen LogP contribution >= 0.6 is 11.3 Å². The van der Waals surface area contributed by atoms with Crippen molar-refractivity contribution in [2.45, 2.75) is 19.9 Å². The van der Waals surface area contributed by atoms with Gasteiger partial charge in [0.1, 0.15) is 0 Å². The molecule has 2 heterocycles. The number of hydrogen-bond acceptors (Lipinski definition) is 4. The van der Waals surface area contributed by atoms with E-state index in [-0.39, 0.29) is 6.04 Å². The van der Waals surface area contributed by atoms with E-state index in [1.165, 1.54) is 5.56 Å². The van der Waals surface area contributed by atoms with Crippen molar-refractivity contribution < 1.29 is 4.42 Å². The summed E-state index contributed by atoms with van der Waals surface area (Å²) < 4.78 is 5.54. The van der Waals surface area contributed by atoms with Gasteiger partial charge in [-0.1, -0.05) is 0 Å². The molecule has 2 aromatic heterocycles. The fraction of sp³-hybridized carbons (Fsp3) is 0.300. The second-order valence-corrected chi connectivity index (χ2v) is 4.06. The quantitative estimate of drug-likeness (QED) is 0.825. The van der Waals surface area contributed by atoms with Gasteiger partial charge >= 0.3 is 0 Å². The highest BCUT2D eigenvalue weighted by molar-refractivity contribution is 7.08. The third-order valence-corrected chi connectivity index (χ3v) is 2.90. The second kappa shape index (κ2) is 3.55. The largest absolute Gasteiger partial charge is 0.439 e. The molecule has 0 aromatic carbocycles. The number of thiophene rings is 1. The van der Waals surface area contributed by atoms with Crippen molar-refractivity contribution in [2.75, 3.05) is 0 Å². The lowest BCUT2D eigenvalue weighted by molar-refractivity contribution is 0.473. The first-order valence-corrected chi connectivity index (χ1v) is 5.37. The molecule has 1 atom stereocenters. The Hall–Kier alpha value is -1.13. The van der Waals surface area contributed by atoms with Crippen LogP contribution in [0.5, 0.6) is 0 Å². The molecule has 74 valence electrons. The Morgan fingerprint density at radius 2 is 2.29 bits per heavy atom. The van der Waals surface area contributed by atoms with E-state index < -0.39 is 0 Å². The zero-order valence-electron chi connectivity index (χ0n) is 8.15. The highest BCUT2D eigenvalue weighted by Crippen LogP contribution is 2.28. The van der Waals surface area contributed by atoms with Gasteiger partial charge in [0, 0.05) is 10.9 Å². The lowest BCUT2D eigenvalue weighted by Gasteiger charge is -1.97. The lowest BCUT2D eigenvalue weighted by Crippen LogP contribution is -2.04. The number of rotatable bonds is 2. The molecule has 0 saturated heterocycles. The van der Waals surface area contributed by atoms with E-state index in [4.69, 9.17) is 10.2 Å². The van der Waals surface area contributed by atoms with Gasteiger partial charge in [0.05, 0.1) is 12.2 Å². The Balaban J connectivity index is 2.39. The summed E-state index contributed by atoms with van der Waals surface area (Å²) in [5, 5.41) is 4.14. The zero-order chi connectivity index (χ0) is 10.1. The van der Waals surface area contributed by atoms with Crippen molar-refractivity contribution >= 4 is 11.3 Å². The third kappa shape index (κ3) is 1.58. The van der Waals surface area contributed by atoms with Crippen LogP contribution in [0, 0.1) is 6.92 Å². The molecule has 0 saturated carbocycles. The van der Waals surface area contributed by atoms with Gasteiger partial charge in [-0.15, -0.1) is 0 Å². The van der Waals surface area contributed by atoms with Crippen molar-refractivity contribution in [3.8, 4) is 11.3 Å². The Kier molecular flexibility index (Phi) is 2.39. The molecule has 0 bridgehead atoms. The van der Waals surface area contributed by atoms with Gasteiger partial charge < -0.3 is 10.2 Å². The summed E-state index contributed by atoms with van der Waals surface area (Å²) in [6.45, 7) is 3.91. The van der Waals surface area contributed by atoms with E-state index >= 15 is 0 Å². The molecule has 0 aliphatic rings. The van der Waals surface area contributed by atoms with E-state index in [1.54, 1.807) is 17.5 Å². The molecular formula is C10H12N2OS. The molecule has 0 aliphatic carbocycles. The number of aromatic nitrogens is 1. The summed E-state index contributed by atoms with van der Waals surface area (Å²) in [7, 11) is 0. The van der Waals surface area contributed by atoms with Crippen LogP contribution < -0.4 is 5.73 Å². The summed E-state index contributed by atoms with van der Waals surface area (Å²) in [4.78, 5) is 4.13. The van der Waals surface area contributed by atoms with E-state index in [0.29, 0.717) is 5.89 Å². The zero-order valence-corrected chi connectivity index (χ0v) is 8.97. The van der Waals surface area contributed by atoms with Crippen LogP contribution in [-0.2, 0) is 0 Å². The molecule has 0 amide bonds. The number of hydrogen-bond donors (Lipinski definition) is 1. The SMILES string of the molecule is Cc1cscc1-c1cnc(C(C)N)o1. The maximum Gasteiger partial charge on any atom is 0.211 e. The van der Waals surface area contributed by atoms with Crippen LogP contribution in [-0.4, -0.2) is 4.98 Å². The normalized spacial score (nSPS) is 13.1. The van der Waals surface area contributed by atoms with Crippen molar-refractivity contribution in [3.05, 3.63) is 28.4 Å². The molecule has 4 heteroatoms. The summed E-state index contributed by atoms with van der Waals surface area (Å²) >= 11 is 1.66. The topological polar surface area (TPSA) is 52.0 Å². The van der Waals surface area contributed by atoms with Crippen molar-refractivity contribution in [2.24, 2.45) is 5.73 Å². The predicted molar refractivity (Wildman–Crippen MR) is 57.2 cm³/mol. The third-order valence-electron chi connectivity index (χ3n) is 2.03. The van der Waals surface area contributed by atoms with E-state index in [2.05, 4.69) is 22.7 Å². The minimum Gasteiger partial charge on any atom is -0.439 e. The highest BCUT2D eigenvalue weighted by Gasteiger charge is 2.11. The van der Waals surface area contributed by atoms with Crippen LogP contribution in [0.4, 0.5) is 0 Å². The first kappa shape index (κ1) is 9.43. The number of nitrogens with two attached hydrogens (primary N) is 1. The Bertz CT molecular complexity index is 431. The highest BCUT2D eigenvalue weighted by atomic mass is 32.1. The first-order chi connectivity index (χ1) is 6.68. The van der Waals surface area contributed by atoms with Crippen LogP contribution in [0.3, 0.4) is 0 Å². The van der Waals surface area contributed by atoms with Gasteiger partial charge in [0.2, 0.25) is 5.89 Å². The fourth-order valence-electron chi connectivity index (χ4n) is 1.24. The Morgan fingerprint density at radius 1 is 1.50 bits per heavy atom. The molecule has 0 spiro atoms. The van der Waals surface area contributed by atoms with Crippen LogP contribution in [0.15, 0.2) is 21.4 Å². The molecule has 0 radical (unpaired) electrons. The van der Waals surface area contributed by atoms with Crippen LogP contribution in [0.25, 0.3) is 11.3 Å². The van der Waals surface area contributed by atoms with Gasteiger partial charge in [-0.3, -0.25) is 0 Å². The van der Waals surface area contributed by atoms with Crippen LogP contribution in [0.2, 0.25) is 0 Å². The number of oxazole rings is 1. The molecule has 2 rings (SSSR count). The summed E-state index contributed by atoms with van der Waals surface area (Å²) in [5.74, 6) is 1.39. The lowest BCUT2D eigenvalue weighted by atomic mass is 10.2. The average molecular weight is 208 g/mol. The van der Waals surface area contributed by atoms with Gasteiger partial charge in [-0.2, -0.15) is 11.3 Å². The minimum atomic E-state index is -0.150. The van der Waals surface area contributed by atoms with Gasteiger partial charge in [0.15, 0.2) is 5.76 Å². The maximum absolute atomic E-state index is 5.66. The number of nitrogens with zero attached hydrogens (tertiary/aromatic N) is 1. The molecule has 2 aromatic rings. The monoisotopic (exact) mass is 208 g/mol. The average Bonchev–Trinajstić information content (AvgIpc) is 2.71. The van der Waals surface area contributed by atoms with E-state index in [1.807, 2.05) is 6.92 Å². The van der Waals surface area contributed by atoms with Crippen LogP contribution in [0.1, 0.15) is 24.4 Å². The molecule has 2 N–H and O–H groups in total. The van der Waals surface area contributed by atoms with E-state index in [9.17, 15) is 0 Å². The van der Waals surface area contributed by atoms with Gasteiger partial charge in [-0.25, -0.2) is 4.98 Å².